The van der Waals surface area contributed by atoms with Crippen LogP contribution in [0.15, 0.2) is 109 Å². The van der Waals surface area contributed by atoms with Crippen LogP contribution in [0.1, 0.15) is 5.56 Å². The number of nitrogens with zero attached hydrogens (tertiary/aromatic N) is 3. The molecular formula is C34H35N5O5. The second-order valence-electron chi connectivity index (χ2n) is 10.0. The molecule has 10 heteroatoms. The van der Waals surface area contributed by atoms with Gasteiger partial charge in [0.05, 0.1) is 6.54 Å². The van der Waals surface area contributed by atoms with Crippen molar-refractivity contribution in [2.75, 3.05) is 53.8 Å². The molecule has 0 heterocycles. The summed E-state index contributed by atoms with van der Waals surface area (Å²) in [5.74, 6) is -0.794. The number of anilines is 4. The number of ether oxygens (including phenoxy) is 1. The summed E-state index contributed by atoms with van der Waals surface area (Å²) in [6.45, 7) is 1.03. The Morgan fingerprint density at radius 3 is 1.84 bits per heavy atom. The lowest BCUT2D eigenvalue weighted by molar-refractivity contribution is -0.121. The molecule has 10 nitrogen and oxygen atoms in total. The van der Waals surface area contributed by atoms with Crippen molar-refractivity contribution in [2.24, 2.45) is 0 Å². The Hall–Kier alpha value is -5.64. The van der Waals surface area contributed by atoms with Gasteiger partial charge in [0, 0.05) is 42.9 Å². The van der Waals surface area contributed by atoms with Crippen LogP contribution in [0.3, 0.4) is 0 Å². The van der Waals surface area contributed by atoms with E-state index in [4.69, 9.17) is 4.74 Å². The van der Waals surface area contributed by atoms with Crippen LogP contribution in [0.2, 0.25) is 0 Å². The number of para-hydroxylation sites is 2. The third kappa shape index (κ3) is 8.68. The lowest BCUT2D eigenvalue weighted by Gasteiger charge is -2.26. The fraction of sp³-hybridized carbons (Fsp3) is 0.176. The quantitative estimate of drug-likeness (QED) is 0.258. The summed E-state index contributed by atoms with van der Waals surface area (Å²) in [5.41, 5.74) is 3.39. The number of urea groups is 1. The van der Waals surface area contributed by atoms with Crippen molar-refractivity contribution in [3.63, 3.8) is 0 Å². The second-order valence-corrected chi connectivity index (χ2v) is 10.0. The predicted molar refractivity (Wildman–Crippen MR) is 172 cm³/mol. The minimum atomic E-state index is -0.562. The Morgan fingerprint density at radius 1 is 0.659 bits per heavy atom. The first-order chi connectivity index (χ1) is 21.2. The number of benzene rings is 4. The lowest BCUT2D eigenvalue weighted by Crippen LogP contribution is -2.46. The van der Waals surface area contributed by atoms with Gasteiger partial charge in [-0.05, 0) is 55.5 Å². The van der Waals surface area contributed by atoms with Crippen LogP contribution in [-0.4, -0.2) is 57.5 Å². The molecule has 0 saturated heterocycles. The first kappa shape index (κ1) is 31.3. The van der Waals surface area contributed by atoms with Gasteiger partial charge in [0.15, 0.2) is 6.61 Å². The van der Waals surface area contributed by atoms with Gasteiger partial charge < -0.3 is 30.1 Å². The van der Waals surface area contributed by atoms with Crippen molar-refractivity contribution in [1.29, 1.82) is 0 Å². The maximum absolute atomic E-state index is 13.5. The van der Waals surface area contributed by atoms with Gasteiger partial charge in [0.2, 0.25) is 11.8 Å². The largest absolute Gasteiger partial charge is 0.484 e. The molecule has 0 unspecified atom stereocenters. The summed E-state index contributed by atoms with van der Waals surface area (Å²) < 4.78 is 5.77. The first-order valence-corrected chi connectivity index (χ1v) is 14.0. The molecule has 4 aromatic carbocycles. The van der Waals surface area contributed by atoms with Crippen molar-refractivity contribution >= 4 is 46.5 Å². The van der Waals surface area contributed by atoms with Crippen LogP contribution in [0.25, 0.3) is 0 Å². The Kier molecular flexibility index (Phi) is 10.7. The standard InChI is InChI=1S/C34H35N5O5/c1-25-17-19-26(20-18-25)36-34(43)35-22-31(40)39(23-32(41)37(2)27-11-6-4-7-12-27)29-15-10-16-30(21-29)44-24-33(42)38(3)28-13-8-5-9-14-28/h4-21H,22-24H2,1-3H3,(H2,35,36,43). The summed E-state index contributed by atoms with van der Waals surface area (Å²) in [5, 5.41) is 5.25. The Morgan fingerprint density at radius 2 is 1.23 bits per heavy atom. The average molecular weight is 594 g/mol. The lowest BCUT2D eigenvalue weighted by atomic mass is 10.2. The van der Waals surface area contributed by atoms with Crippen molar-refractivity contribution < 1.29 is 23.9 Å². The molecule has 0 saturated carbocycles. The molecule has 4 rings (SSSR count). The molecule has 44 heavy (non-hydrogen) atoms. The fourth-order valence-electron chi connectivity index (χ4n) is 4.20. The summed E-state index contributed by atoms with van der Waals surface area (Å²) in [6.07, 6.45) is 0. The zero-order valence-corrected chi connectivity index (χ0v) is 24.9. The van der Waals surface area contributed by atoms with Gasteiger partial charge in [-0.3, -0.25) is 14.4 Å². The van der Waals surface area contributed by atoms with Crippen molar-refractivity contribution in [3.8, 4) is 5.75 Å². The van der Waals surface area contributed by atoms with E-state index in [9.17, 15) is 19.2 Å². The zero-order chi connectivity index (χ0) is 31.5. The van der Waals surface area contributed by atoms with Crippen LogP contribution in [-0.2, 0) is 14.4 Å². The van der Waals surface area contributed by atoms with Gasteiger partial charge in [0.1, 0.15) is 12.3 Å². The van der Waals surface area contributed by atoms with Crippen molar-refractivity contribution in [3.05, 3.63) is 115 Å². The van der Waals surface area contributed by atoms with E-state index in [2.05, 4.69) is 10.6 Å². The molecule has 226 valence electrons. The number of nitrogens with one attached hydrogen (secondary N) is 2. The van der Waals surface area contributed by atoms with Gasteiger partial charge in [-0.2, -0.15) is 0 Å². The monoisotopic (exact) mass is 593 g/mol. The molecule has 5 amide bonds. The molecule has 0 aromatic heterocycles. The number of hydrogen-bond acceptors (Lipinski definition) is 5. The topological polar surface area (TPSA) is 111 Å². The zero-order valence-electron chi connectivity index (χ0n) is 24.9. The highest BCUT2D eigenvalue weighted by atomic mass is 16.5. The van der Waals surface area contributed by atoms with Crippen LogP contribution < -0.4 is 30.1 Å². The summed E-state index contributed by atoms with van der Waals surface area (Å²) in [7, 11) is 3.29. The number of carbonyl (C=O) groups excluding carboxylic acids is 4. The highest BCUT2D eigenvalue weighted by Gasteiger charge is 2.23. The summed E-state index contributed by atoms with van der Waals surface area (Å²) >= 11 is 0. The Labute approximate surface area is 256 Å². The van der Waals surface area contributed by atoms with Crippen LogP contribution >= 0.6 is 0 Å². The van der Waals surface area contributed by atoms with E-state index < -0.39 is 11.9 Å². The SMILES string of the molecule is Cc1ccc(NC(=O)NCC(=O)N(CC(=O)N(C)c2ccccc2)c2cccc(OCC(=O)N(C)c3ccccc3)c2)cc1. The fourth-order valence-corrected chi connectivity index (χ4v) is 4.20. The third-order valence-electron chi connectivity index (χ3n) is 6.83. The average Bonchev–Trinajstić information content (AvgIpc) is 3.06. The first-order valence-electron chi connectivity index (χ1n) is 14.0. The molecule has 0 fully saturated rings. The molecule has 4 aromatic rings. The van der Waals surface area contributed by atoms with E-state index in [-0.39, 0.29) is 31.5 Å². The van der Waals surface area contributed by atoms with E-state index in [1.165, 1.54) is 14.7 Å². The van der Waals surface area contributed by atoms with E-state index in [0.29, 0.717) is 22.8 Å². The van der Waals surface area contributed by atoms with Crippen LogP contribution in [0, 0.1) is 6.92 Å². The number of amides is 5. The number of rotatable bonds is 11. The molecule has 0 aliphatic carbocycles. The molecular weight excluding hydrogens is 558 g/mol. The predicted octanol–water partition coefficient (Wildman–Crippen LogP) is 4.85. The van der Waals surface area contributed by atoms with E-state index in [1.807, 2.05) is 67.6 Å². The number of carbonyl (C=O) groups is 4. The van der Waals surface area contributed by atoms with Gasteiger partial charge >= 0.3 is 6.03 Å². The third-order valence-corrected chi connectivity index (χ3v) is 6.83. The van der Waals surface area contributed by atoms with Crippen molar-refractivity contribution in [2.45, 2.75) is 6.92 Å². The number of likely N-dealkylation sites (N-methyl/N-ethyl adjacent to an activating group) is 2. The van der Waals surface area contributed by atoms with Gasteiger partial charge in [0.25, 0.3) is 5.91 Å². The highest BCUT2D eigenvalue weighted by molar-refractivity contribution is 6.05. The normalized spacial score (nSPS) is 10.3. The summed E-state index contributed by atoms with van der Waals surface area (Å²) in [4.78, 5) is 56.2. The molecule has 0 aliphatic heterocycles. The Balaban J connectivity index is 1.47. The van der Waals surface area contributed by atoms with Gasteiger partial charge in [-0.25, -0.2) is 4.79 Å². The maximum atomic E-state index is 13.5. The molecule has 0 radical (unpaired) electrons. The van der Waals surface area contributed by atoms with Gasteiger partial charge in [-0.1, -0.05) is 60.2 Å². The number of hydrogen-bond donors (Lipinski definition) is 2. The van der Waals surface area contributed by atoms with E-state index in [1.54, 1.807) is 62.6 Å². The molecule has 0 bridgehead atoms. The van der Waals surface area contributed by atoms with Crippen LogP contribution in [0.5, 0.6) is 5.75 Å². The molecule has 2 N–H and O–H groups in total. The second kappa shape index (κ2) is 15.0. The summed E-state index contributed by atoms with van der Waals surface area (Å²) in [6, 6.07) is 31.5. The minimum absolute atomic E-state index is 0.237. The molecule has 0 spiro atoms. The molecule has 0 aliphatic rings. The Bertz CT molecular complexity index is 1580. The van der Waals surface area contributed by atoms with Crippen LogP contribution in [0.4, 0.5) is 27.5 Å². The van der Waals surface area contributed by atoms with E-state index >= 15 is 0 Å². The molecule has 0 atom stereocenters. The van der Waals surface area contributed by atoms with E-state index in [0.717, 1.165) is 11.3 Å². The van der Waals surface area contributed by atoms with Crippen molar-refractivity contribution in [1.82, 2.24) is 5.32 Å². The smallest absolute Gasteiger partial charge is 0.319 e. The number of aryl methyl sites for hydroxylation is 1. The van der Waals surface area contributed by atoms with Gasteiger partial charge in [-0.15, -0.1) is 0 Å². The highest BCUT2D eigenvalue weighted by Crippen LogP contribution is 2.23. The maximum Gasteiger partial charge on any atom is 0.319 e. The minimum Gasteiger partial charge on any atom is -0.484 e.